The van der Waals surface area contributed by atoms with E-state index in [1.165, 1.54) is 36.9 Å². The van der Waals surface area contributed by atoms with Crippen molar-refractivity contribution in [1.29, 1.82) is 0 Å². The number of aliphatic hydroxyl groups excluding tert-OH is 4. The number of nitrogens with zero attached hydrogens (tertiary/aromatic N) is 2. The van der Waals surface area contributed by atoms with Gasteiger partial charge >= 0.3 is 138 Å². The molecule has 6 heterocycles. The van der Waals surface area contributed by atoms with E-state index in [2.05, 4.69) is 58.9 Å². The summed E-state index contributed by atoms with van der Waals surface area (Å²) < 4.78 is 51.8. The summed E-state index contributed by atoms with van der Waals surface area (Å²) in [4.78, 5) is 110. The zero-order chi connectivity index (χ0) is 102. The molecule has 17 rings (SSSR count). The molecule has 784 valence electrons. The minimum absolute atomic E-state index is 0. The first-order chi connectivity index (χ1) is 68.3. The fourth-order valence-corrected chi connectivity index (χ4v) is 16.3. The standard InChI is InChI=1S/C16H14N2O2S.C16H21NO4.C14H19NO3.C14H17NO3.C10H7NO.C8H7ClO2.C8H15NO2.C6H7NO2S.C6H13NO.C2H6O2.C2H7P.CH2O3.CH4.ClH.2K.H/c1-20-16(19)15-14(7-9-21-15)18-10-11-6-8-17-13-5-3-2-4-12(11)13;18-15(19-12-13-4-2-1-3-5-13)17-14-6-8-16(9-7-14)20-10-11-21-16;2*16-13-8-6-12(7-9-13)15-14(17)18-10-11-4-2-1-3-5-11;12-7-8-5-6-11-10-4-2-1-3-9(8)10;9-8(10)11-6-7-4-2-1-3-5-7;9-7-1-3-8(4-2-7)10-5-6-11-8;1-9-6(8)5-4(7)2-3-10-5;7-5-1-3-6(8)4-2-5;3-1-2-4;1-3-2;2-1-4-3;;;;;/h2-9,18H,10H2,1H3;1-5,14H,6-12H2,(H,17,18);1-5,12-13,16H,6-10H2,(H,15,17);1-5,12H,6-10H2,(H,15,17);1-7H;1-5H,6H2;7H,1-6,9H2;2-3H,7H2,1H3;5-6,8H,1-4,7H2;3-4H,1-2H2;3H,1-2H3;1,3H;1H4;1H;;;/q;;;;;;;;;;;;;;2*+1;-1/p-1. The van der Waals surface area contributed by atoms with Crippen molar-refractivity contribution in [2.75, 3.05) is 78.2 Å². The number of thiophene rings is 2. The van der Waals surface area contributed by atoms with E-state index in [0.717, 1.165) is 199 Å². The van der Waals surface area contributed by atoms with Gasteiger partial charge in [0, 0.05) is 116 Å². The number of aldehydes is 1. The first-order valence-electron chi connectivity index (χ1n) is 46.5. The zero-order valence-corrected chi connectivity index (χ0v) is 92.9. The zero-order valence-electron chi connectivity index (χ0n) is 83.5. The molecule has 2 spiro atoms. The van der Waals surface area contributed by atoms with Gasteiger partial charge in [-0.15, -0.1) is 43.7 Å². The SMILES string of the molecule is C.COC(=O)c1sccc1N.COC(=O)c1sccc1NCc1ccnc2ccccc12.CPC.Cl.NC1CCC(O)CC1.NC1CCC2(CC1)OCCO2.O=C(Cl)OCc1ccccc1.O=C(NC1CCC(O)CC1)OCc1ccccc1.O=C(NC1CCC2(CC1)OCCO2)OCc1ccccc1.O=C1CCC(NC(=O)OCc2ccccc2)CC1.O=CO[O-].O=Cc1ccnc2ccccc12.OCCO.[H-].[K+].[K+]. The molecule has 0 radical (unpaired) electrons. The van der Waals surface area contributed by atoms with Gasteiger partial charge in [0.25, 0.3) is 6.47 Å². The second kappa shape index (κ2) is 79.1. The van der Waals surface area contributed by atoms with Gasteiger partial charge < -0.3 is 118 Å². The van der Waals surface area contributed by atoms with Crippen LogP contribution in [-0.4, -0.2) is 206 Å². The molecule has 10 aromatic rings. The molecule has 34 nitrogen and oxygen atoms in total. The second-order valence-corrected chi connectivity index (χ2v) is 35.9. The topological polar surface area (TPSA) is 511 Å². The minimum atomic E-state index is -0.770. The van der Waals surface area contributed by atoms with Crippen LogP contribution in [0.5, 0.6) is 0 Å². The van der Waals surface area contributed by atoms with Crippen molar-refractivity contribution in [1.82, 2.24) is 25.9 Å². The molecule has 2 aliphatic heterocycles. The van der Waals surface area contributed by atoms with Crippen molar-refractivity contribution in [3.63, 3.8) is 0 Å². The quantitative estimate of drug-likeness (QED) is 0.00523. The largest absolute Gasteiger partial charge is 1.00 e. The Morgan fingerprint density at radius 2 is 0.855 bits per heavy atom. The van der Waals surface area contributed by atoms with Gasteiger partial charge in [0.05, 0.1) is 88.5 Å². The van der Waals surface area contributed by atoms with Crippen LogP contribution in [0, 0.1) is 0 Å². The molecule has 6 aromatic carbocycles. The van der Waals surface area contributed by atoms with E-state index in [1.807, 2.05) is 187 Å². The van der Waals surface area contributed by atoms with Crippen LogP contribution in [0.4, 0.5) is 30.6 Å². The number of pyridine rings is 2. The fourth-order valence-electron chi connectivity index (χ4n) is 14.8. The van der Waals surface area contributed by atoms with Crippen molar-refractivity contribution in [2.45, 2.75) is 223 Å². The monoisotopic (exact) mass is 2160 g/mol. The van der Waals surface area contributed by atoms with E-state index < -0.39 is 11.5 Å². The van der Waals surface area contributed by atoms with Crippen LogP contribution in [0.25, 0.3) is 21.8 Å². The average molecular weight is 2160 g/mol. The Morgan fingerprint density at radius 3 is 1.25 bits per heavy atom. The van der Waals surface area contributed by atoms with Crippen LogP contribution in [0.2, 0.25) is 0 Å². The molecular weight excluding hydrogens is 2020 g/mol. The smallest absolute Gasteiger partial charge is 1.00 e. The summed E-state index contributed by atoms with van der Waals surface area (Å²) in [6.45, 7) is 8.49. The van der Waals surface area contributed by atoms with Crippen molar-refractivity contribution < 1.29 is 225 Å². The average Bonchev–Trinajstić information content (AvgIpc) is 1.67. The van der Waals surface area contributed by atoms with Gasteiger partial charge in [-0.1, -0.05) is 165 Å². The Hall–Kier alpha value is -7.99. The number of benzene rings is 6. The maximum atomic E-state index is 11.8. The van der Waals surface area contributed by atoms with E-state index in [4.69, 9.17) is 92.1 Å². The Balaban J connectivity index is 0.000000818. The molecule has 0 bridgehead atoms. The second-order valence-electron chi connectivity index (χ2n) is 32.7. The maximum absolute atomic E-state index is 11.8. The van der Waals surface area contributed by atoms with Crippen LogP contribution in [-0.2, 0) is 94.8 Å². The summed E-state index contributed by atoms with van der Waals surface area (Å²) in [6.07, 6.45) is 19.8. The molecular formula is C104H140Cl2K2N9O25PS2. The number of carbonyl (C=O) groups is 9. The molecule has 7 aliphatic rings. The number of halogens is 2. The number of nitrogens with one attached hydrogen (secondary N) is 4. The van der Waals surface area contributed by atoms with Gasteiger partial charge in [0.1, 0.15) is 42.0 Å². The number of amides is 3. The number of esters is 2. The maximum Gasteiger partial charge on any atom is 1.00 e. The van der Waals surface area contributed by atoms with Crippen LogP contribution in [0.1, 0.15) is 195 Å². The molecule has 0 atom stereocenters. The van der Waals surface area contributed by atoms with Gasteiger partial charge in [-0.05, 0) is 178 Å². The number of rotatable bonds is 19. The molecule has 0 unspecified atom stereocenters. The minimum Gasteiger partial charge on any atom is -1.00 e. The van der Waals surface area contributed by atoms with E-state index in [9.17, 15) is 43.5 Å². The number of Topliss-reactive ketones (excluding diaryl/α,β-unsaturated/α-hetero) is 1. The number of aromatic nitrogens is 2. The molecule has 5 aliphatic carbocycles. The van der Waals surface area contributed by atoms with E-state index in [0.29, 0.717) is 78.9 Å². The molecule has 7 fully saturated rings. The van der Waals surface area contributed by atoms with Crippen molar-refractivity contribution in [2.24, 2.45) is 11.5 Å². The number of carbonyl (C=O) groups excluding carboxylic acids is 9. The summed E-state index contributed by atoms with van der Waals surface area (Å²) >= 11 is 7.62. The first-order valence-corrected chi connectivity index (χ1v) is 50.6. The normalized spacial score (nSPS) is 17.1. The molecule has 2 saturated heterocycles. The molecule has 145 heavy (non-hydrogen) atoms. The number of nitrogen functional groups attached to an aromatic ring is 1. The van der Waals surface area contributed by atoms with Crippen LogP contribution < -0.4 is 146 Å². The van der Waals surface area contributed by atoms with E-state index in [-0.39, 0.29) is 229 Å². The summed E-state index contributed by atoms with van der Waals surface area (Å²) in [7, 11) is 3.81. The number of aliphatic hydroxyl groups is 4. The van der Waals surface area contributed by atoms with Crippen LogP contribution in [0.3, 0.4) is 0 Å². The number of alkyl carbamates (subject to hydrolysis) is 3. The first kappa shape index (κ1) is 133. The summed E-state index contributed by atoms with van der Waals surface area (Å²) in [5.41, 5.74) is 24.8. The number of fused-ring (bicyclic) bond motifs is 2. The predicted octanol–water partition coefficient (Wildman–Crippen LogP) is 11.0. The number of ether oxygens (including phenoxy) is 10. The van der Waals surface area contributed by atoms with Gasteiger partial charge in [-0.2, -0.15) is 0 Å². The molecule has 14 N–H and O–H groups in total. The third-order valence-corrected chi connectivity index (χ3v) is 24.1. The van der Waals surface area contributed by atoms with Crippen molar-refractivity contribution in [3.05, 3.63) is 260 Å². The van der Waals surface area contributed by atoms with Gasteiger partial charge in [-0.3, -0.25) is 24.4 Å². The molecule has 4 aromatic heterocycles. The number of hydrogen-bond acceptors (Lipinski definition) is 33. The number of hydrogen-bond donors (Lipinski definition) is 11. The summed E-state index contributed by atoms with van der Waals surface area (Å²) in [5, 5.41) is 59.5. The van der Waals surface area contributed by atoms with E-state index >= 15 is 0 Å². The number of methoxy groups -OCH3 is 2. The van der Waals surface area contributed by atoms with Gasteiger partial charge in [0.2, 0.25) is 0 Å². The van der Waals surface area contributed by atoms with Crippen molar-refractivity contribution in [3.8, 4) is 0 Å². The Morgan fingerprint density at radius 1 is 0.503 bits per heavy atom. The molecule has 3 amide bonds. The van der Waals surface area contributed by atoms with Gasteiger partial charge in [0.15, 0.2) is 17.9 Å². The van der Waals surface area contributed by atoms with Gasteiger partial charge in [-0.25, -0.2) is 28.8 Å². The number of nitrogens with two attached hydrogens (primary N) is 3. The fraction of sp³-hybridized carbons (Fsp3) is 0.433. The Labute approximate surface area is 956 Å². The number of anilines is 2. The third kappa shape index (κ3) is 54.9. The Bertz CT molecular complexity index is 5170. The van der Waals surface area contributed by atoms with Crippen LogP contribution in [0.15, 0.2) is 217 Å². The molecule has 41 heteroatoms. The van der Waals surface area contributed by atoms with Crippen LogP contribution >= 0.6 is 55.3 Å². The number of ketones is 1. The number of para-hydroxylation sites is 2. The van der Waals surface area contributed by atoms with Crippen molar-refractivity contribution >= 4 is 143 Å². The predicted molar refractivity (Wildman–Crippen MR) is 556 cm³/mol. The summed E-state index contributed by atoms with van der Waals surface area (Å²) in [6, 6.07) is 62.1. The summed E-state index contributed by atoms with van der Waals surface area (Å²) in [5.74, 6) is -1.01. The van der Waals surface area contributed by atoms with E-state index in [1.54, 1.807) is 29.9 Å². The Kier molecular flexibility index (Phi) is 72.6. The third-order valence-electron chi connectivity index (χ3n) is 22.2. The molecule has 5 saturated carbocycles.